The molecule has 0 radical (unpaired) electrons. The highest BCUT2D eigenvalue weighted by molar-refractivity contribution is 7.23. The number of likely N-dealkylation sites (tertiary alicyclic amines) is 1. The van der Waals surface area contributed by atoms with Gasteiger partial charge in [0.05, 0.1) is 33.8 Å². The van der Waals surface area contributed by atoms with E-state index in [1.165, 1.54) is 6.20 Å². The van der Waals surface area contributed by atoms with Crippen molar-refractivity contribution in [1.82, 2.24) is 24.8 Å². The molecule has 3 aromatic heterocycles. The number of thiophene rings is 1. The minimum absolute atomic E-state index is 0.122. The van der Waals surface area contributed by atoms with Gasteiger partial charge in [0.2, 0.25) is 0 Å². The predicted molar refractivity (Wildman–Crippen MR) is 246 cm³/mol. The Balaban J connectivity index is 1.36. The zero-order valence-electron chi connectivity index (χ0n) is 37.9. The average Bonchev–Trinajstić information content (AvgIpc) is 3.94. The van der Waals surface area contributed by atoms with Crippen LogP contribution >= 0.6 is 11.3 Å². The lowest BCUT2D eigenvalue weighted by Gasteiger charge is -2.31. The summed E-state index contributed by atoms with van der Waals surface area (Å²) in [5.41, 5.74) is 0.589. The summed E-state index contributed by atoms with van der Waals surface area (Å²) >= 11 is 0.549. The third-order valence-electron chi connectivity index (χ3n) is 12.6. The predicted octanol–water partition coefficient (Wildman–Crippen LogP) is 9.75. The highest BCUT2D eigenvalue weighted by Gasteiger charge is 2.50. The number of nitrogens with two attached hydrogens (primary N) is 1. The third-order valence-corrected chi connectivity index (χ3v) is 13.7. The molecule has 6 heterocycles. The Bertz CT molecular complexity index is 2720. The molecule has 0 bridgehead atoms. The monoisotopic (exact) mass is 969 g/mol. The molecule has 3 atom stereocenters. The molecule has 3 fully saturated rings. The van der Waals surface area contributed by atoms with Crippen LogP contribution in [-0.2, 0) is 10.9 Å². The number of halogens is 6. The van der Waals surface area contributed by atoms with Crippen LogP contribution in [0, 0.1) is 23.0 Å². The quantitative estimate of drug-likeness (QED) is 0.0728. The molecule has 0 spiro atoms. The normalized spacial score (nSPS) is 19.5. The number of amides is 1. The minimum atomic E-state index is -5.43. The molecular weight excluding hydrogens is 917 g/mol. The number of anilines is 3. The number of pyridine rings is 1. The number of hydrogen-bond acceptors (Lipinski definition) is 14. The molecule has 8 rings (SSSR count). The van der Waals surface area contributed by atoms with Gasteiger partial charge in [0.25, 0.3) is 0 Å². The summed E-state index contributed by atoms with van der Waals surface area (Å²) in [6.45, 7) is 6.53. The molecule has 364 valence electrons. The van der Waals surface area contributed by atoms with Gasteiger partial charge in [-0.25, -0.2) is 22.9 Å². The number of nitrogen functional groups attached to an aromatic ring is 1. The number of piperidine rings is 1. The highest BCUT2D eigenvalue weighted by Crippen LogP contribution is 2.53. The van der Waals surface area contributed by atoms with Crippen molar-refractivity contribution < 1.29 is 50.5 Å². The number of nitriles is 1. The number of carbonyl (C=O) groups is 1. The molecule has 14 nitrogen and oxygen atoms in total. The first-order valence-electron chi connectivity index (χ1n) is 22.7. The topological polar surface area (TPSA) is 184 Å². The number of nitrogens with zero attached hydrogens (tertiary/aromatic N) is 6. The number of carbonyl (C=O) groups excluding carboxylic acids is 1. The molecule has 5 N–H and O–H groups in total. The Morgan fingerprint density at radius 1 is 1.09 bits per heavy atom. The van der Waals surface area contributed by atoms with E-state index in [0.717, 1.165) is 50.9 Å². The summed E-state index contributed by atoms with van der Waals surface area (Å²) in [5, 5.41) is 24.9. The number of benzene rings is 2. The van der Waals surface area contributed by atoms with Crippen molar-refractivity contribution >= 4 is 55.1 Å². The van der Waals surface area contributed by atoms with Crippen molar-refractivity contribution in [3.8, 4) is 29.0 Å². The summed E-state index contributed by atoms with van der Waals surface area (Å²) in [6.07, 6.45) is -0.356. The summed E-state index contributed by atoms with van der Waals surface area (Å²) in [5.74, 6) is -3.71. The van der Waals surface area contributed by atoms with Gasteiger partial charge in [-0.1, -0.05) is 18.6 Å². The molecule has 0 saturated carbocycles. The Labute approximate surface area is 392 Å². The van der Waals surface area contributed by atoms with E-state index in [9.17, 15) is 19.6 Å². The maximum atomic E-state index is 18.1. The van der Waals surface area contributed by atoms with Crippen molar-refractivity contribution in [2.45, 2.75) is 102 Å². The number of hydrogen-bond donors (Lipinski definition) is 4. The van der Waals surface area contributed by atoms with Crippen LogP contribution in [0.25, 0.3) is 32.1 Å². The van der Waals surface area contributed by atoms with Gasteiger partial charge in [-0.3, -0.25) is 10.2 Å². The fourth-order valence-corrected chi connectivity index (χ4v) is 10.8. The van der Waals surface area contributed by atoms with Gasteiger partial charge in [-0.15, -0.1) is 11.3 Å². The second-order valence-corrected chi connectivity index (χ2v) is 19.5. The summed E-state index contributed by atoms with van der Waals surface area (Å²) in [7, 11) is 0. The largest absolute Gasteiger partial charge is 0.490 e. The molecule has 1 amide bonds. The van der Waals surface area contributed by atoms with Crippen molar-refractivity contribution in [3.05, 3.63) is 58.8 Å². The van der Waals surface area contributed by atoms with E-state index in [1.54, 1.807) is 32.9 Å². The molecule has 3 aliphatic rings. The summed E-state index contributed by atoms with van der Waals surface area (Å²) in [6, 6.07) is 5.73. The Kier molecular flexibility index (Phi) is 14.1. The van der Waals surface area contributed by atoms with E-state index >= 15 is 22.0 Å². The van der Waals surface area contributed by atoms with Gasteiger partial charge >= 0.3 is 18.3 Å². The average molecular weight is 970 g/mol. The fourth-order valence-electron chi connectivity index (χ4n) is 9.78. The molecule has 0 unspecified atom stereocenters. The highest BCUT2D eigenvalue weighted by atomic mass is 32.1. The Hall–Kier alpha value is -5.69. The summed E-state index contributed by atoms with van der Waals surface area (Å²) in [4.78, 5) is 30.5. The van der Waals surface area contributed by atoms with Crippen LogP contribution in [0.1, 0.15) is 94.9 Å². The zero-order valence-corrected chi connectivity index (χ0v) is 38.7. The number of alkyl halides is 4. The van der Waals surface area contributed by atoms with Crippen molar-refractivity contribution in [2.75, 3.05) is 68.9 Å². The van der Waals surface area contributed by atoms with E-state index in [4.69, 9.17) is 19.9 Å². The number of ether oxygens (including phenoxy) is 3. The zero-order chi connectivity index (χ0) is 48.5. The third kappa shape index (κ3) is 10.0. The summed E-state index contributed by atoms with van der Waals surface area (Å²) < 4.78 is 114. The molecule has 21 heteroatoms. The number of fused-ring (bicyclic) bond motifs is 3. The van der Waals surface area contributed by atoms with Gasteiger partial charge in [0, 0.05) is 35.7 Å². The van der Waals surface area contributed by atoms with Gasteiger partial charge in [-0.05, 0) is 103 Å². The lowest BCUT2D eigenvalue weighted by atomic mass is 9.91. The molecule has 68 heavy (non-hydrogen) atoms. The molecule has 2 aromatic carbocycles. The number of nitrogens with one attached hydrogen (secondary N) is 2. The lowest BCUT2D eigenvalue weighted by molar-refractivity contribution is -0.138. The van der Waals surface area contributed by atoms with Crippen LogP contribution in [0.3, 0.4) is 0 Å². The lowest BCUT2D eigenvalue weighted by Crippen LogP contribution is -2.43. The molecule has 0 aliphatic carbocycles. The Morgan fingerprint density at radius 2 is 1.87 bits per heavy atom. The van der Waals surface area contributed by atoms with Crippen molar-refractivity contribution in [2.24, 2.45) is 0 Å². The van der Waals surface area contributed by atoms with Crippen LogP contribution < -0.4 is 25.8 Å². The van der Waals surface area contributed by atoms with E-state index in [0.29, 0.717) is 49.3 Å². The molecule has 3 aliphatic heterocycles. The number of aliphatic hydroxyl groups excluding tert-OH is 1. The van der Waals surface area contributed by atoms with Crippen LogP contribution in [0.15, 0.2) is 30.5 Å². The van der Waals surface area contributed by atoms with Crippen LogP contribution in [-0.4, -0.2) is 106 Å². The number of aromatic nitrogens is 3. The van der Waals surface area contributed by atoms with E-state index in [1.807, 2.05) is 11.0 Å². The van der Waals surface area contributed by atoms with Crippen LogP contribution in [0.4, 0.5) is 47.8 Å². The smallest absolute Gasteiger partial charge is 0.420 e. The first-order valence-corrected chi connectivity index (χ1v) is 23.5. The second-order valence-electron chi connectivity index (χ2n) is 18.5. The Morgan fingerprint density at radius 3 is 2.57 bits per heavy atom. The first-order chi connectivity index (χ1) is 32.4. The van der Waals surface area contributed by atoms with Crippen LogP contribution in [0.5, 0.6) is 11.8 Å². The van der Waals surface area contributed by atoms with E-state index in [2.05, 4.69) is 30.5 Å². The van der Waals surface area contributed by atoms with Gasteiger partial charge < -0.3 is 35.3 Å². The van der Waals surface area contributed by atoms with Gasteiger partial charge in [0.15, 0.2) is 5.82 Å². The SMILES string of the molecule is CC(C)(C)OC(=O)Nc1sc2c(F)ccc(-c3c(C(F)(F)F)c(OCCO)c4c(N[C@H](CCCN5CCCCC5)c5cccnc5N)nc(OC[C@@]56CCCN5C[C@H](F)C6)nc4c3F)c2c1C#N. The molecule has 3 saturated heterocycles. The second kappa shape index (κ2) is 19.7. The van der Waals surface area contributed by atoms with Gasteiger partial charge in [-0.2, -0.15) is 28.4 Å². The standard InChI is InChI=1S/C47H53F6N9O5S/c1-45(2,3)67-44(64)60-42-29(23-54)32-28(12-13-30(49)39(32)68-42)33-35(47(51,52)53)38(65-21-20-63)34-37(36(33)50)58-43(66-25-46-14-9-19-62(46)24-26(48)22-46)59-41(34)57-31(27-10-7-15-56-40(27)55)11-8-18-61-16-5-4-6-17-61/h7,10,12-13,15,26,31,63H,4-6,8-9,11,14,16-22,24-25H2,1-3H3,(H2,55,56)(H,60,64)(H,57,58,59)/t26-,31-,46+/m1/s1. The number of rotatable bonds is 15. The molecule has 5 aromatic rings. The first kappa shape index (κ1) is 48.8. The van der Waals surface area contributed by atoms with Crippen molar-refractivity contribution in [3.63, 3.8) is 0 Å². The van der Waals surface area contributed by atoms with E-state index in [-0.39, 0.29) is 40.9 Å². The maximum Gasteiger partial charge on any atom is 0.420 e. The minimum Gasteiger partial charge on any atom is -0.490 e. The van der Waals surface area contributed by atoms with E-state index < -0.39 is 111 Å². The van der Waals surface area contributed by atoms with Crippen molar-refractivity contribution in [1.29, 1.82) is 5.26 Å². The molecular formula is C47H53F6N9O5S. The maximum absolute atomic E-state index is 18.1. The fraction of sp³-hybridized carbons (Fsp3) is 0.511. The van der Waals surface area contributed by atoms with Crippen LogP contribution in [0.2, 0.25) is 0 Å². The van der Waals surface area contributed by atoms with Gasteiger partial charge in [0.1, 0.15) is 70.3 Å². The number of aliphatic hydroxyl groups is 1.